The molecule has 0 aliphatic heterocycles. The molecule has 0 bridgehead atoms. The molecule has 1 saturated carbocycles. The fourth-order valence-corrected chi connectivity index (χ4v) is 2.01. The molecule has 3 nitrogen and oxygen atoms in total. The zero-order chi connectivity index (χ0) is 10.9. The van der Waals surface area contributed by atoms with Crippen LogP contribution < -0.4 is 5.48 Å². The molecular formula is C11H19NO2. The molecule has 0 saturated heterocycles. The normalized spacial score (nSPS) is 28.1. The SMILES string of the molecule is CONC(=O)C1C(C=C(C)C)C1(C)C. The number of hydrogen-bond acceptors (Lipinski definition) is 2. The van der Waals surface area contributed by atoms with Gasteiger partial charge in [0, 0.05) is 0 Å². The Morgan fingerprint density at radius 3 is 2.43 bits per heavy atom. The van der Waals surface area contributed by atoms with E-state index >= 15 is 0 Å². The van der Waals surface area contributed by atoms with Crippen molar-refractivity contribution in [3.8, 4) is 0 Å². The van der Waals surface area contributed by atoms with Crippen molar-refractivity contribution in [2.45, 2.75) is 27.7 Å². The van der Waals surface area contributed by atoms with Crippen molar-refractivity contribution in [1.82, 2.24) is 5.48 Å². The Morgan fingerprint density at radius 1 is 1.43 bits per heavy atom. The maximum atomic E-state index is 11.5. The average Bonchev–Trinajstić information content (AvgIpc) is 2.52. The van der Waals surface area contributed by atoms with Gasteiger partial charge in [-0.1, -0.05) is 25.5 Å². The largest absolute Gasteiger partial charge is 0.277 e. The summed E-state index contributed by atoms with van der Waals surface area (Å²) in [5.41, 5.74) is 3.73. The third-order valence-corrected chi connectivity index (χ3v) is 2.91. The number of carbonyl (C=O) groups is 1. The van der Waals surface area contributed by atoms with E-state index < -0.39 is 0 Å². The minimum atomic E-state index is -0.0139. The molecule has 1 fully saturated rings. The highest BCUT2D eigenvalue weighted by Gasteiger charge is 2.60. The lowest BCUT2D eigenvalue weighted by Crippen LogP contribution is -2.25. The number of hydrogen-bond donors (Lipinski definition) is 1. The van der Waals surface area contributed by atoms with Crippen molar-refractivity contribution in [3.05, 3.63) is 11.6 Å². The van der Waals surface area contributed by atoms with Crippen LogP contribution in [0.4, 0.5) is 0 Å². The predicted octanol–water partition coefficient (Wildman–Crippen LogP) is 1.90. The highest BCUT2D eigenvalue weighted by molar-refractivity contribution is 5.82. The first-order chi connectivity index (χ1) is 6.41. The van der Waals surface area contributed by atoms with Crippen molar-refractivity contribution >= 4 is 5.91 Å². The van der Waals surface area contributed by atoms with Crippen molar-refractivity contribution in [1.29, 1.82) is 0 Å². The molecule has 1 N–H and O–H groups in total. The summed E-state index contributed by atoms with van der Waals surface area (Å²) in [4.78, 5) is 16.2. The number of hydroxylamine groups is 1. The van der Waals surface area contributed by atoms with Crippen LogP contribution in [0.25, 0.3) is 0 Å². The first kappa shape index (κ1) is 11.2. The van der Waals surface area contributed by atoms with Crippen molar-refractivity contribution in [2.75, 3.05) is 7.11 Å². The molecule has 1 aliphatic rings. The summed E-state index contributed by atoms with van der Waals surface area (Å²) in [7, 11) is 1.46. The van der Waals surface area contributed by atoms with Crippen LogP contribution in [0.1, 0.15) is 27.7 Å². The lowest BCUT2D eigenvalue weighted by atomic mass is 10.1. The van der Waals surface area contributed by atoms with Crippen LogP contribution >= 0.6 is 0 Å². The molecule has 0 radical (unpaired) electrons. The summed E-state index contributed by atoms with van der Waals surface area (Å²) in [6.07, 6.45) is 2.17. The number of nitrogens with one attached hydrogen (secondary N) is 1. The molecule has 0 aromatic rings. The van der Waals surface area contributed by atoms with E-state index in [-0.39, 0.29) is 17.2 Å². The number of rotatable bonds is 3. The highest BCUT2D eigenvalue weighted by atomic mass is 16.6. The van der Waals surface area contributed by atoms with Gasteiger partial charge in [-0.05, 0) is 25.2 Å². The summed E-state index contributed by atoms with van der Waals surface area (Å²) < 4.78 is 0. The fraction of sp³-hybridized carbons (Fsp3) is 0.727. The third-order valence-electron chi connectivity index (χ3n) is 2.91. The van der Waals surface area contributed by atoms with Gasteiger partial charge in [-0.3, -0.25) is 9.63 Å². The molecule has 1 rings (SSSR count). The molecule has 0 aromatic heterocycles. The molecular weight excluding hydrogens is 178 g/mol. The maximum absolute atomic E-state index is 11.5. The van der Waals surface area contributed by atoms with E-state index in [1.54, 1.807) is 0 Å². The van der Waals surface area contributed by atoms with Gasteiger partial charge in [-0.15, -0.1) is 0 Å². The van der Waals surface area contributed by atoms with E-state index in [4.69, 9.17) is 0 Å². The van der Waals surface area contributed by atoms with Gasteiger partial charge in [-0.2, -0.15) is 0 Å². The zero-order valence-electron chi connectivity index (χ0n) is 9.55. The molecule has 80 valence electrons. The highest BCUT2D eigenvalue weighted by Crippen LogP contribution is 2.59. The second kappa shape index (κ2) is 3.73. The Hall–Kier alpha value is -0.830. The lowest BCUT2D eigenvalue weighted by molar-refractivity contribution is -0.133. The molecule has 2 unspecified atom stereocenters. The van der Waals surface area contributed by atoms with E-state index in [2.05, 4.69) is 44.1 Å². The Labute approximate surface area is 85.5 Å². The Bertz CT molecular complexity index is 264. The standard InChI is InChI=1S/C11H19NO2/c1-7(2)6-8-9(11(8,3)4)10(13)12-14-5/h6,8-9H,1-5H3,(H,12,13). The molecule has 0 spiro atoms. The smallest absolute Gasteiger partial charge is 0.247 e. The van der Waals surface area contributed by atoms with Crippen molar-refractivity contribution in [3.63, 3.8) is 0 Å². The minimum Gasteiger partial charge on any atom is -0.277 e. The van der Waals surface area contributed by atoms with Crippen LogP contribution in [-0.4, -0.2) is 13.0 Å². The minimum absolute atomic E-state index is 0.0139. The molecule has 0 heterocycles. The molecule has 14 heavy (non-hydrogen) atoms. The molecule has 1 aliphatic carbocycles. The quantitative estimate of drug-likeness (QED) is 0.554. The van der Waals surface area contributed by atoms with E-state index in [0.29, 0.717) is 5.92 Å². The number of amides is 1. The van der Waals surface area contributed by atoms with Crippen LogP contribution in [0, 0.1) is 17.3 Å². The van der Waals surface area contributed by atoms with Gasteiger partial charge < -0.3 is 0 Å². The third kappa shape index (κ3) is 1.98. The summed E-state index contributed by atoms with van der Waals surface area (Å²) in [5, 5.41) is 0. The Kier molecular flexibility index (Phi) is 3.00. The van der Waals surface area contributed by atoms with Gasteiger partial charge in [0.2, 0.25) is 5.91 Å². The van der Waals surface area contributed by atoms with Gasteiger partial charge in [0.1, 0.15) is 0 Å². The summed E-state index contributed by atoms with van der Waals surface area (Å²) in [5.74, 6) is 0.389. The Balaban J connectivity index is 2.66. The maximum Gasteiger partial charge on any atom is 0.247 e. The van der Waals surface area contributed by atoms with Crippen LogP contribution in [0.3, 0.4) is 0 Å². The molecule has 0 aromatic carbocycles. The van der Waals surface area contributed by atoms with Gasteiger partial charge in [0.15, 0.2) is 0 Å². The van der Waals surface area contributed by atoms with Crippen molar-refractivity contribution < 1.29 is 9.63 Å². The van der Waals surface area contributed by atoms with Gasteiger partial charge >= 0.3 is 0 Å². The second-order valence-electron chi connectivity index (χ2n) is 4.74. The van der Waals surface area contributed by atoms with E-state index in [1.807, 2.05) is 0 Å². The van der Waals surface area contributed by atoms with Crippen LogP contribution in [0.15, 0.2) is 11.6 Å². The number of carbonyl (C=O) groups excluding carboxylic acids is 1. The van der Waals surface area contributed by atoms with Crippen LogP contribution in [-0.2, 0) is 9.63 Å². The lowest BCUT2D eigenvalue weighted by Gasteiger charge is -2.01. The van der Waals surface area contributed by atoms with Gasteiger partial charge in [0.05, 0.1) is 13.0 Å². The second-order valence-corrected chi connectivity index (χ2v) is 4.74. The van der Waals surface area contributed by atoms with E-state index in [1.165, 1.54) is 12.7 Å². The van der Waals surface area contributed by atoms with Gasteiger partial charge in [-0.25, -0.2) is 5.48 Å². The van der Waals surface area contributed by atoms with Crippen LogP contribution in [0.2, 0.25) is 0 Å². The summed E-state index contributed by atoms with van der Waals surface area (Å²) in [6.45, 7) is 8.33. The number of allylic oxidation sites excluding steroid dienone is 2. The zero-order valence-corrected chi connectivity index (χ0v) is 9.55. The van der Waals surface area contributed by atoms with E-state index in [0.717, 1.165) is 0 Å². The predicted molar refractivity (Wildman–Crippen MR) is 55.3 cm³/mol. The van der Waals surface area contributed by atoms with E-state index in [9.17, 15) is 4.79 Å². The topological polar surface area (TPSA) is 38.3 Å². The van der Waals surface area contributed by atoms with Gasteiger partial charge in [0.25, 0.3) is 0 Å². The molecule has 3 heteroatoms. The average molecular weight is 197 g/mol. The monoisotopic (exact) mass is 197 g/mol. The van der Waals surface area contributed by atoms with Crippen LogP contribution in [0.5, 0.6) is 0 Å². The first-order valence-corrected chi connectivity index (χ1v) is 4.89. The first-order valence-electron chi connectivity index (χ1n) is 4.89. The summed E-state index contributed by atoms with van der Waals surface area (Å²) >= 11 is 0. The molecule has 1 amide bonds. The van der Waals surface area contributed by atoms with Crippen molar-refractivity contribution in [2.24, 2.45) is 17.3 Å². The summed E-state index contributed by atoms with van der Waals surface area (Å²) in [6, 6.07) is 0. The fourth-order valence-electron chi connectivity index (χ4n) is 2.01. The molecule has 2 atom stereocenters. The Morgan fingerprint density at radius 2 is 2.00 bits per heavy atom.